The normalized spacial score (nSPS) is 14.4. The van der Waals surface area contributed by atoms with E-state index in [2.05, 4.69) is 82.9 Å². The summed E-state index contributed by atoms with van der Waals surface area (Å²) in [6.07, 6.45) is 6.75. The average Bonchev–Trinajstić information content (AvgIpc) is 2.73. The van der Waals surface area contributed by atoms with Gasteiger partial charge in [0.2, 0.25) is 0 Å². The number of rotatable bonds is 11. The fourth-order valence-corrected chi connectivity index (χ4v) is 5.77. The van der Waals surface area contributed by atoms with E-state index in [0.29, 0.717) is 8.58 Å². The first-order valence-corrected chi connectivity index (χ1v) is 12.7. The van der Waals surface area contributed by atoms with Crippen molar-refractivity contribution >= 4 is 20.1 Å². The Balaban J connectivity index is 2.68. The van der Waals surface area contributed by atoms with Crippen molar-refractivity contribution < 1.29 is 9.47 Å². The number of hydrogen-bond donors (Lipinski definition) is 0. The molecule has 32 heavy (non-hydrogen) atoms. The van der Waals surface area contributed by atoms with Crippen LogP contribution >= 0.6 is 8.58 Å². The highest BCUT2D eigenvalue weighted by Crippen LogP contribution is 2.50. The average molecular weight is 456 g/mol. The van der Waals surface area contributed by atoms with Gasteiger partial charge in [0, 0.05) is 31.1 Å². The zero-order valence-corrected chi connectivity index (χ0v) is 22.3. The Morgan fingerprint density at radius 2 is 1.78 bits per heavy atom. The molecule has 0 radical (unpaired) electrons. The molecule has 2 atom stereocenters. The number of hydrogen-bond acceptors (Lipinski definition) is 3. The van der Waals surface area contributed by atoms with E-state index in [4.69, 9.17) is 9.47 Å². The van der Waals surface area contributed by atoms with Crippen molar-refractivity contribution in [2.24, 2.45) is 4.99 Å². The highest BCUT2D eigenvalue weighted by atomic mass is 31.1. The van der Waals surface area contributed by atoms with Gasteiger partial charge in [0.15, 0.2) is 6.79 Å². The van der Waals surface area contributed by atoms with E-state index in [0.717, 1.165) is 12.2 Å². The molecule has 0 spiro atoms. The molecular weight excluding hydrogens is 413 g/mol. The number of aliphatic imine (C=N–C) groups is 1. The zero-order chi connectivity index (χ0) is 23.8. The Morgan fingerprint density at radius 3 is 2.41 bits per heavy atom. The maximum atomic E-state index is 6.21. The lowest BCUT2D eigenvalue weighted by molar-refractivity contribution is 0.0494. The van der Waals surface area contributed by atoms with E-state index in [1.54, 1.807) is 7.11 Å². The molecule has 0 saturated carbocycles. The predicted octanol–water partition coefficient (Wildman–Crippen LogP) is 7.12. The van der Waals surface area contributed by atoms with Crippen LogP contribution in [0.25, 0.3) is 0 Å². The van der Waals surface area contributed by atoms with Crippen LogP contribution in [0.3, 0.4) is 0 Å². The van der Waals surface area contributed by atoms with Gasteiger partial charge in [-0.15, -0.1) is 0 Å². The topological polar surface area (TPSA) is 30.8 Å². The highest BCUT2D eigenvalue weighted by Gasteiger charge is 2.33. The molecule has 0 aliphatic rings. The van der Waals surface area contributed by atoms with Crippen LogP contribution in [0.2, 0.25) is 0 Å². The summed E-state index contributed by atoms with van der Waals surface area (Å²) in [5.74, 6) is 0.980. The first kappa shape index (κ1) is 26.6. The lowest BCUT2D eigenvalue weighted by Gasteiger charge is -2.35. The van der Waals surface area contributed by atoms with Crippen molar-refractivity contribution in [2.75, 3.05) is 21.0 Å². The van der Waals surface area contributed by atoms with Gasteiger partial charge in [-0.25, -0.2) is 0 Å². The molecule has 0 heterocycles. The monoisotopic (exact) mass is 455 g/mol. The molecule has 0 fully saturated rings. The number of benzene rings is 2. The number of nitrogens with zero attached hydrogens (tertiary/aromatic N) is 1. The maximum Gasteiger partial charge on any atom is 0.188 e. The molecule has 176 valence electrons. The predicted molar refractivity (Wildman–Crippen MR) is 142 cm³/mol. The third-order valence-electron chi connectivity index (χ3n) is 5.98. The van der Waals surface area contributed by atoms with Crippen molar-refractivity contribution in [1.29, 1.82) is 0 Å². The molecule has 0 bridgehead atoms. The van der Waals surface area contributed by atoms with Crippen molar-refractivity contribution in [1.82, 2.24) is 0 Å². The third-order valence-corrected chi connectivity index (χ3v) is 7.77. The van der Waals surface area contributed by atoms with E-state index in [1.165, 1.54) is 46.8 Å². The minimum Gasteiger partial charge on any atom is -0.467 e. The number of unbranched alkanes of at least 4 members (excludes halogenated alkanes) is 2. The summed E-state index contributed by atoms with van der Waals surface area (Å²) in [7, 11) is 4.13. The minimum atomic E-state index is -0.0397. The van der Waals surface area contributed by atoms with Crippen LogP contribution in [-0.2, 0) is 15.3 Å². The van der Waals surface area contributed by atoms with Crippen LogP contribution in [0.5, 0.6) is 5.75 Å². The molecule has 2 aromatic rings. The van der Waals surface area contributed by atoms with Crippen molar-refractivity contribution in [3.63, 3.8) is 0 Å². The summed E-state index contributed by atoms with van der Waals surface area (Å²) in [6.45, 7) is 14.0. The number of aryl methyl sites for hydroxylation is 1. The van der Waals surface area contributed by atoms with E-state index >= 15 is 0 Å². The van der Waals surface area contributed by atoms with E-state index in [1.807, 2.05) is 13.3 Å². The Bertz CT molecular complexity index is 901. The first-order chi connectivity index (χ1) is 15.2. The summed E-state index contributed by atoms with van der Waals surface area (Å²) in [4.78, 5) is 4.30. The molecule has 2 aromatic carbocycles. The fourth-order valence-electron chi connectivity index (χ4n) is 4.08. The van der Waals surface area contributed by atoms with Crippen LogP contribution in [0.1, 0.15) is 82.6 Å². The minimum absolute atomic E-state index is 0.0397. The number of ether oxygens (including phenoxy) is 2. The van der Waals surface area contributed by atoms with Crippen LogP contribution in [-0.4, -0.2) is 27.2 Å². The summed E-state index contributed by atoms with van der Waals surface area (Å²) in [6, 6.07) is 13.3. The molecule has 0 aromatic heterocycles. The Hall–Kier alpha value is -1.70. The van der Waals surface area contributed by atoms with Gasteiger partial charge in [-0.05, 0) is 40.8 Å². The second kappa shape index (κ2) is 12.0. The molecule has 2 unspecified atom stereocenters. The molecular formula is C28H42NO2P. The van der Waals surface area contributed by atoms with Crippen LogP contribution < -0.4 is 10.0 Å². The zero-order valence-electron chi connectivity index (χ0n) is 21.3. The first-order valence-electron chi connectivity index (χ1n) is 11.7. The van der Waals surface area contributed by atoms with E-state index < -0.39 is 0 Å². The third kappa shape index (κ3) is 6.90. The molecule has 0 saturated heterocycles. The van der Waals surface area contributed by atoms with Crippen molar-refractivity contribution in [2.45, 2.75) is 77.8 Å². The van der Waals surface area contributed by atoms with Gasteiger partial charge in [0.25, 0.3) is 0 Å². The molecule has 0 amide bonds. The van der Waals surface area contributed by atoms with Gasteiger partial charge < -0.3 is 9.47 Å². The van der Waals surface area contributed by atoms with Gasteiger partial charge in [-0.1, -0.05) is 98.9 Å². The molecule has 0 N–H and O–H groups in total. The standard InChI is InChI=1S/C28H42NO2P/c1-9-10-13-16-28(6,32-25-15-12-11-14-22(25)19-29-7)24-18-23(27(3,4)5)17-21(2)26(24)31-20-30-8/h11-12,14-15,17-19,32H,9-10,13,16,20H2,1-8H3/b29-19+. The Morgan fingerprint density at radius 1 is 1.06 bits per heavy atom. The number of methoxy groups -OCH3 is 1. The van der Waals surface area contributed by atoms with Crippen LogP contribution in [0.4, 0.5) is 0 Å². The lowest BCUT2D eigenvalue weighted by Crippen LogP contribution is -2.24. The molecule has 2 rings (SSSR count). The quantitative estimate of drug-likeness (QED) is 0.156. The van der Waals surface area contributed by atoms with Gasteiger partial charge in [-0.3, -0.25) is 4.99 Å². The molecule has 3 nitrogen and oxygen atoms in total. The van der Waals surface area contributed by atoms with Crippen LogP contribution in [0.15, 0.2) is 41.4 Å². The Labute approximate surface area is 197 Å². The van der Waals surface area contributed by atoms with Gasteiger partial charge in [-0.2, -0.15) is 0 Å². The molecule has 0 aliphatic carbocycles. The smallest absolute Gasteiger partial charge is 0.188 e. The largest absolute Gasteiger partial charge is 0.467 e. The fraction of sp³-hybridized carbons (Fsp3) is 0.536. The van der Waals surface area contributed by atoms with Crippen molar-refractivity contribution in [3.05, 3.63) is 58.7 Å². The summed E-state index contributed by atoms with van der Waals surface area (Å²) >= 11 is 0. The van der Waals surface area contributed by atoms with E-state index in [9.17, 15) is 0 Å². The molecule has 4 heteroatoms. The van der Waals surface area contributed by atoms with Gasteiger partial charge >= 0.3 is 0 Å². The summed E-state index contributed by atoms with van der Waals surface area (Å²) in [5, 5.41) is 1.32. The van der Waals surface area contributed by atoms with Gasteiger partial charge in [0.1, 0.15) is 5.75 Å². The van der Waals surface area contributed by atoms with Crippen molar-refractivity contribution in [3.8, 4) is 5.75 Å². The van der Waals surface area contributed by atoms with Gasteiger partial charge in [0.05, 0.1) is 0 Å². The SMILES string of the molecule is CCCCCC(C)(Pc1ccccc1/C=N/C)c1cc(C(C)(C)C)cc(C)c1OCOC. The Kier molecular flexibility index (Phi) is 9.92. The maximum absolute atomic E-state index is 6.21. The summed E-state index contributed by atoms with van der Waals surface area (Å²) in [5.41, 5.74) is 5.11. The highest BCUT2D eigenvalue weighted by molar-refractivity contribution is 7.48. The second-order valence-corrected chi connectivity index (χ2v) is 11.8. The second-order valence-electron chi connectivity index (χ2n) is 9.86. The van der Waals surface area contributed by atoms with E-state index in [-0.39, 0.29) is 17.4 Å². The van der Waals surface area contributed by atoms with Crippen LogP contribution in [0, 0.1) is 6.92 Å². The lowest BCUT2D eigenvalue weighted by atomic mass is 9.82. The summed E-state index contributed by atoms with van der Waals surface area (Å²) < 4.78 is 11.5. The molecule has 0 aliphatic heterocycles.